The van der Waals surface area contributed by atoms with Gasteiger partial charge in [-0.1, -0.05) is 0 Å². The van der Waals surface area contributed by atoms with Crippen molar-refractivity contribution in [2.45, 2.75) is 19.4 Å². The Morgan fingerprint density at radius 1 is 1.47 bits per heavy atom. The minimum Gasteiger partial charge on any atom is -0.480 e. The highest BCUT2D eigenvalue weighted by molar-refractivity contribution is 7.09. The number of hydrogen-bond donors (Lipinski definition) is 2. The molecule has 8 heteroatoms. The first-order valence-corrected chi connectivity index (χ1v) is 6.45. The summed E-state index contributed by atoms with van der Waals surface area (Å²) in [5.74, 6) is -0.800. The van der Waals surface area contributed by atoms with E-state index >= 15 is 0 Å². The van der Waals surface area contributed by atoms with E-state index < -0.39 is 5.97 Å². The number of anilines is 1. The van der Waals surface area contributed by atoms with Gasteiger partial charge in [0.25, 0.3) is 0 Å². The Labute approximate surface area is 112 Å². The van der Waals surface area contributed by atoms with Crippen LogP contribution in [-0.4, -0.2) is 31.7 Å². The van der Waals surface area contributed by atoms with E-state index in [9.17, 15) is 9.59 Å². The second-order valence-corrected chi connectivity index (χ2v) is 4.75. The fourth-order valence-corrected chi connectivity index (χ4v) is 2.08. The fraction of sp³-hybridized carbons (Fsp3) is 0.273. The number of nitrogens with zero attached hydrogens (tertiary/aromatic N) is 3. The van der Waals surface area contributed by atoms with Crippen molar-refractivity contribution < 1.29 is 14.7 Å². The number of thiazole rings is 1. The van der Waals surface area contributed by atoms with Gasteiger partial charge >= 0.3 is 5.97 Å². The van der Waals surface area contributed by atoms with E-state index in [2.05, 4.69) is 15.4 Å². The molecule has 0 aliphatic rings. The van der Waals surface area contributed by atoms with E-state index in [1.54, 1.807) is 12.3 Å². The Morgan fingerprint density at radius 3 is 3.00 bits per heavy atom. The van der Waals surface area contributed by atoms with Gasteiger partial charge in [-0.05, 0) is 0 Å². The summed E-state index contributed by atoms with van der Waals surface area (Å²) < 4.78 is 1.25. The van der Waals surface area contributed by atoms with Gasteiger partial charge in [-0.3, -0.25) is 14.3 Å². The molecule has 0 aliphatic carbocycles. The topological polar surface area (TPSA) is 97.1 Å². The van der Waals surface area contributed by atoms with Crippen molar-refractivity contribution in [3.05, 3.63) is 28.8 Å². The first-order chi connectivity index (χ1) is 9.13. The molecule has 0 aliphatic heterocycles. The fourth-order valence-electron chi connectivity index (χ4n) is 1.46. The minimum atomic E-state index is -0.982. The monoisotopic (exact) mass is 280 g/mol. The molecule has 0 atom stereocenters. The largest absolute Gasteiger partial charge is 0.480 e. The molecule has 2 rings (SSSR count). The first kappa shape index (κ1) is 13.2. The molecular weight excluding hydrogens is 268 g/mol. The van der Waals surface area contributed by atoms with Crippen LogP contribution in [0, 0.1) is 0 Å². The summed E-state index contributed by atoms with van der Waals surface area (Å²) in [7, 11) is 0. The Hall–Kier alpha value is -2.22. The predicted octanol–water partition coefficient (Wildman–Crippen LogP) is 0.995. The van der Waals surface area contributed by atoms with Crippen LogP contribution in [0.25, 0.3) is 0 Å². The molecule has 2 aromatic heterocycles. The van der Waals surface area contributed by atoms with Gasteiger partial charge in [0.15, 0.2) is 5.82 Å². The van der Waals surface area contributed by atoms with Crippen LogP contribution >= 0.6 is 11.3 Å². The number of aliphatic carboxylic acids is 1. The summed E-state index contributed by atoms with van der Waals surface area (Å²) in [4.78, 5) is 26.2. The van der Waals surface area contributed by atoms with Crippen LogP contribution in [0.1, 0.15) is 11.4 Å². The zero-order chi connectivity index (χ0) is 13.7. The third-order valence-corrected chi connectivity index (χ3v) is 3.09. The van der Waals surface area contributed by atoms with Crippen molar-refractivity contribution in [2.75, 3.05) is 5.32 Å². The third-order valence-electron chi connectivity index (χ3n) is 2.25. The average molecular weight is 280 g/mol. The maximum Gasteiger partial charge on any atom is 0.325 e. The summed E-state index contributed by atoms with van der Waals surface area (Å²) >= 11 is 1.51. The summed E-state index contributed by atoms with van der Waals surface area (Å²) in [6.45, 7) is -0.227. The highest BCUT2D eigenvalue weighted by Crippen LogP contribution is 2.08. The van der Waals surface area contributed by atoms with Gasteiger partial charge in [0.1, 0.15) is 6.54 Å². The number of nitrogens with one attached hydrogen (secondary N) is 1. The molecule has 0 unspecified atom stereocenters. The lowest BCUT2D eigenvalue weighted by molar-refractivity contribution is -0.137. The van der Waals surface area contributed by atoms with Crippen LogP contribution in [0.2, 0.25) is 0 Å². The molecule has 2 heterocycles. The van der Waals surface area contributed by atoms with Gasteiger partial charge in [0, 0.05) is 36.7 Å². The second kappa shape index (κ2) is 6.10. The van der Waals surface area contributed by atoms with E-state index in [1.807, 2.05) is 5.38 Å². The zero-order valence-corrected chi connectivity index (χ0v) is 10.8. The van der Waals surface area contributed by atoms with Crippen molar-refractivity contribution in [2.24, 2.45) is 0 Å². The van der Waals surface area contributed by atoms with Crippen molar-refractivity contribution in [3.63, 3.8) is 0 Å². The number of aromatic nitrogens is 3. The lowest BCUT2D eigenvalue weighted by Gasteiger charge is -2.00. The lowest BCUT2D eigenvalue weighted by atomic mass is 10.3. The molecule has 7 nitrogen and oxygen atoms in total. The second-order valence-electron chi connectivity index (χ2n) is 3.77. The average Bonchev–Trinajstić information content (AvgIpc) is 2.97. The Balaban J connectivity index is 1.81. The van der Waals surface area contributed by atoms with Crippen molar-refractivity contribution >= 4 is 29.0 Å². The number of hydrogen-bond acceptors (Lipinski definition) is 5. The Morgan fingerprint density at radius 2 is 2.32 bits per heavy atom. The number of carboxylic acids is 1. The van der Waals surface area contributed by atoms with Crippen molar-refractivity contribution in [1.82, 2.24) is 14.8 Å². The molecule has 0 saturated heterocycles. The number of carbonyl (C=O) groups is 2. The molecule has 0 radical (unpaired) electrons. The summed E-state index contributed by atoms with van der Waals surface area (Å²) in [5.41, 5.74) is 0. The summed E-state index contributed by atoms with van der Waals surface area (Å²) in [6.07, 6.45) is 4.11. The number of amides is 1. The molecular formula is C11H12N4O3S. The van der Waals surface area contributed by atoms with Gasteiger partial charge in [-0.2, -0.15) is 5.10 Å². The van der Waals surface area contributed by atoms with E-state index in [0.717, 1.165) is 5.01 Å². The smallest absolute Gasteiger partial charge is 0.325 e. The van der Waals surface area contributed by atoms with E-state index in [-0.39, 0.29) is 12.5 Å². The standard InChI is InChI=1S/C11H12N4O3S/c16-9(1-2-10-12-4-6-19-10)13-8-3-5-15(14-8)7-11(17)18/h3-6H,1-2,7H2,(H,17,18)(H,13,14,16). The molecule has 2 aromatic rings. The quantitative estimate of drug-likeness (QED) is 0.822. The molecule has 2 N–H and O–H groups in total. The van der Waals surface area contributed by atoms with Gasteiger partial charge in [0.2, 0.25) is 5.91 Å². The minimum absolute atomic E-state index is 0.171. The molecule has 0 bridgehead atoms. The van der Waals surface area contributed by atoms with Crippen LogP contribution in [0.3, 0.4) is 0 Å². The molecule has 0 aromatic carbocycles. The lowest BCUT2D eigenvalue weighted by Crippen LogP contribution is -2.14. The molecule has 0 saturated carbocycles. The van der Waals surface area contributed by atoms with Gasteiger partial charge in [-0.15, -0.1) is 11.3 Å². The number of aryl methyl sites for hydroxylation is 1. The molecule has 1 amide bonds. The van der Waals surface area contributed by atoms with Crippen LogP contribution < -0.4 is 5.32 Å². The number of carboxylic acid groups (broad SMARTS) is 1. The molecule has 100 valence electrons. The summed E-state index contributed by atoms with van der Waals surface area (Å²) in [5, 5.41) is 17.9. The molecule has 19 heavy (non-hydrogen) atoms. The van der Waals surface area contributed by atoms with Crippen molar-refractivity contribution in [1.29, 1.82) is 0 Å². The first-order valence-electron chi connectivity index (χ1n) is 5.57. The van der Waals surface area contributed by atoms with E-state index in [1.165, 1.54) is 22.2 Å². The molecule has 0 fully saturated rings. The van der Waals surface area contributed by atoms with Crippen LogP contribution in [0.4, 0.5) is 5.82 Å². The SMILES string of the molecule is O=C(O)Cn1ccc(NC(=O)CCc2nccs2)n1. The van der Waals surface area contributed by atoms with Crippen LogP contribution in [0.5, 0.6) is 0 Å². The Bertz CT molecular complexity index is 564. The number of rotatable bonds is 6. The molecule has 0 spiro atoms. The third kappa shape index (κ3) is 4.18. The van der Waals surface area contributed by atoms with Crippen LogP contribution in [-0.2, 0) is 22.6 Å². The van der Waals surface area contributed by atoms with Crippen molar-refractivity contribution in [3.8, 4) is 0 Å². The maximum atomic E-state index is 11.6. The Kier molecular flexibility index (Phi) is 4.24. The maximum absolute atomic E-state index is 11.6. The van der Waals surface area contributed by atoms with Gasteiger partial charge in [0.05, 0.1) is 5.01 Å². The van der Waals surface area contributed by atoms with E-state index in [0.29, 0.717) is 18.7 Å². The van der Waals surface area contributed by atoms with Crippen LogP contribution in [0.15, 0.2) is 23.8 Å². The summed E-state index contributed by atoms with van der Waals surface area (Å²) in [6, 6.07) is 1.56. The highest BCUT2D eigenvalue weighted by Gasteiger charge is 2.07. The van der Waals surface area contributed by atoms with Gasteiger partial charge < -0.3 is 10.4 Å². The van der Waals surface area contributed by atoms with Gasteiger partial charge in [-0.25, -0.2) is 4.98 Å². The van der Waals surface area contributed by atoms with E-state index in [4.69, 9.17) is 5.11 Å². The highest BCUT2D eigenvalue weighted by atomic mass is 32.1. The normalized spacial score (nSPS) is 10.3. The zero-order valence-electron chi connectivity index (χ0n) is 9.94. The predicted molar refractivity (Wildman–Crippen MR) is 68.9 cm³/mol. The number of carbonyl (C=O) groups excluding carboxylic acids is 1.